The monoisotopic (exact) mass is 281 g/mol. The van der Waals surface area contributed by atoms with Gasteiger partial charge in [-0.3, -0.25) is 9.36 Å². The van der Waals surface area contributed by atoms with Gasteiger partial charge in [-0.15, -0.1) is 0 Å². The van der Waals surface area contributed by atoms with Crippen LogP contribution in [-0.2, 0) is 20.6 Å². The molecule has 1 saturated carbocycles. The predicted molar refractivity (Wildman–Crippen MR) is 76.7 cm³/mol. The fourth-order valence-electron chi connectivity index (χ4n) is 2.82. The van der Waals surface area contributed by atoms with Crippen molar-refractivity contribution >= 4 is 0 Å². The maximum atomic E-state index is 12.0. The number of aromatic nitrogens is 2. The van der Waals surface area contributed by atoms with Crippen molar-refractivity contribution in [3.05, 3.63) is 32.6 Å². The third-order valence-electron chi connectivity index (χ3n) is 4.07. The Kier molecular flexibility index (Phi) is 4.45. The Balaban J connectivity index is 2.01. The number of hydrogen-bond donors (Lipinski definition) is 2. The standard InChI is InChI=1S/C14H23N3O3/c1-16-9-11(12(18)17(2)13(16)19)8-15-10-14(20)6-4-3-5-7-14/h9,15,20H,3-8,10H2,1-2H3. The van der Waals surface area contributed by atoms with Crippen LogP contribution in [0.2, 0.25) is 0 Å². The van der Waals surface area contributed by atoms with Gasteiger partial charge >= 0.3 is 5.69 Å². The molecule has 1 fully saturated rings. The molecule has 6 nitrogen and oxygen atoms in total. The van der Waals surface area contributed by atoms with Crippen molar-refractivity contribution in [2.75, 3.05) is 6.54 Å². The van der Waals surface area contributed by atoms with Gasteiger partial charge in [-0.25, -0.2) is 4.79 Å². The Morgan fingerprint density at radius 3 is 2.55 bits per heavy atom. The van der Waals surface area contributed by atoms with Gasteiger partial charge in [0.25, 0.3) is 5.56 Å². The summed E-state index contributed by atoms with van der Waals surface area (Å²) in [5.41, 5.74) is -0.723. The van der Waals surface area contributed by atoms with Crippen LogP contribution in [-0.4, -0.2) is 26.4 Å². The second-order valence-corrected chi connectivity index (χ2v) is 5.80. The average molecular weight is 281 g/mol. The lowest BCUT2D eigenvalue weighted by atomic mass is 9.85. The van der Waals surface area contributed by atoms with E-state index in [9.17, 15) is 14.7 Å². The van der Waals surface area contributed by atoms with Gasteiger partial charge in [0.15, 0.2) is 0 Å². The van der Waals surface area contributed by atoms with Crippen LogP contribution >= 0.6 is 0 Å². The van der Waals surface area contributed by atoms with E-state index in [4.69, 9.17) is 0 Å². The Hall–Kier alpha value is -1.40. The minimum Gasteiger partial charge on any atom is -0.389 e. The molecule has 6 heteroatoms. The summed E-state index contributed by atoms with van der Waals surface area (Å²) in [5.74, 6) is 0. The van der Waals surface area contributed by atoms with E-state index in [1.165, 1.54) is 18.0 Å². The minimum absolute atomic E-state index is 0.281. The first-order valence-electron chi connectivity index (χ1n) is 7.12. The molecule has 0 spiro atoms. The minimum atomic E-state index is -0.649. The lowest BCUT2D eigenvalue weighted by Crippen LogP contribution is -2.44. The summed E-state index contributed by atoms with van der Waals surface area (Å²) in [6.45, 7) is 0.849. The van der Waals surface area contributed by atoms with Gasteiger partial charge < -0.3 is 15.0 Å². The molecule has 2 rings (SSSR count). The van der Waals surface area contributed by atoms with Crippen LogP contribution in [0.25, 0.3) is 0 Å². The SMILES string of the molecule is Cn1cc(CNCC2(O)CCCCC2)c(=O)n(C)c1=O. The molecule has 0 unspecified atom stereocenters. The number of nitrogens with zero attached hydrogens (tertiary/aromatic N) is 2. The lowest BCUT2D eigenvalue weighted by Gasteiger charge is -2.32. The molecule has 0 amide bonds. The molecule has 0 radical (unpaired) electrons. The Morgan fingerprint density at radius 2 is 1.90 bits per heavy atom. The smallest absolute Gasteiger partial charge is 0.330 e. The van der Waals surface area contributed by atoms with E-state index in [0.29, 0.717) is 18.7 Å². The molecule has 0 bridgehead atoms. The molecule has 0 atom stereocenters. The number of aryl methyl sites for hydroxylation is 1. The second-order valence-electron chi connectivity index (χ2n) is 5.80. The van der Waals surface area contributed by atoms with Crippen LogP contribution in [0.4, 0.5) is 0 Å². The molecule has 0 aromatic carbocycles. The largest absolute Gasteiger partial charge is 0.389 e. The van der Waals surface area contributed by atoms with E-state index < -0.39 is 5.60 Å². The molecule has 1 heterocycles. The first-order valence-corrected chi connectivity index (χ1v) is 7.12. The van der Waals surface area contributed by atoms with E-state index in [1.807, 2.05) is 0 Å². The summed E-state index contributed by atoms with van der Waals surface area (Å²) in [4.78, 5) is 23.5. The van der Waals surface area contributed by atoms with Crippen LogP contribution in [0, 0.1) is 0 Å². The van der Waals surface area contributed by atoms with E-state index in [1.54, 1.807) is 13.2 Å². The second kappa shape index (κ2) is 5.93. The van der Waals surface area contributed by atoms with Crippen molar-refractivity contribution in [2.45, 2.75) is 44.2 Å². The van der Waals surface area contributed by atoms with Gasteiger partial charge in [-0.1, -0.05) is 19.3 Å². The van der Waals surface area contributed by atoms with Crippen LogP contribution in [0.15, 0.2) is 15.8 Å². The van der Waals surface area contributed by atoms with Gasteiger partial charge in [0.2, 0.25) is 0 Å². The van der Waals surface area contributed by atoms with Gasteiger partial charge in [0, 0.05) is 38.9 Å². The Morgan fingerprint density at radius 1 is 1.25 bits per heavy atom. The summed E-state index contributed by atoms with van der Waals surface area (Å²) in [6.07, 6.45) is 6.47. The summed E-state index contributed by atoms with van der Waals surface area (Å²) in [5, 5.41) is 13.5. The van der Waals surface area contributed by atoms with Gasteiger partial charge in [-0.05, 0) is 12.8 Å². The maximum absolute atomic E-state index is 12.0. The van der Waals surface area contributed by atoms with E-state index >= 15 is 0 Å². The zero-order valence-electron chi connectivity index (χ0n) is 12.2. The number of hydrogen-bond acceptors (Lipinski definition) is 4. The fraction of sp³-hybridized carbons (Fsp3) is 0.714. The van der Waals surface area contributed by atoms with E-state index in [-0.39, 0.29) is 11.2 Å². The number of nitrogens with one attached hydrogen (secondary N) is 1. The van der Waals surface area contributed by atoms with Crippen molar-refractivity contribution in [3.8, 4) is 0 Å². The normalized spacial score (nSPS) is 18.1. The Bertz CT molecular complexity index is 582. The van der Waals surface area contributed by atoms with Crippen LogP contribution in [0.3, 0.4) is 0 Å². The molecule has 1 aliphatic carbocycles. The molecule has 112 valence electrons. The lowest BCUT2D eigenvalue weighted by molar-refractivity contribution is 0.00464. The molecular formula is C14H23N3O3. The van der Waals surface area contributed by atoms with Gasteiger partial charge in [0.05, 0.1) is 5.60 Å². The highest BCUT2D eigenvalue weighted by atomic mass is 16.3. The molecule has 0 saturated heterocycles. The number of aliphatic hydroxyl groups is 1. The summed E-state index contributed by atoms with van der Waals surface area (Å²) < 4.78 is 2.50. The van der Waals surface area contributed by atoms with E-state index in [0.717, 1.165) is 30.3 Å². The Labute approximate surface area is 118 Å². The third kappa shape index (κ3) is 3.19. The van der Waals surface area contributed by atoms with Gasteiger partial charge in [0.1, 0.15) is 0 Å². The molecule has 1 aromatic heterocycles. The zero-order chi connectivity index (χ0) is 14.8. The highest BCUT2D eigenvalue weighted by Crippen LogP contribution is 2.27. The highest BCUT2D eigenvalue weighted by molar-refractivity contribution is 5.05. The summed E-state index contributed by atoms with van der Waals surface area (Å²) in [7, 11) is 3.10. The predicted octanol–water partition coefficient (Wildman–Crippen LogP) is -0.131. The molecule has 1 aliphatic rings. The molecule has 2 N–H and O–H groups in total. The fourth-order valence-corrected chi connectivity index (χ4v) is 2.82. The molecular weight excluding hydrogens is 258 g/mol. The van der Waals surface area contributed by atoms with Crippen LogP contribution in [0.5, 0.6) is 0 Å². The summed E-state index contributed by atoms with van der Waals surface area (Å²) >= 11 is 0. The topological polar surface area (TPSA) is 76.3 Å². The van der Waals surface area contributed by atoms with E-state index in [2.05, 4.69) is 5.32 Å². The zero-order valence-corrected chi connectivity index (χ0v) is 12.2. The molecule has 0 aliphatic heterocycles. The van der Waals surface area contributed by atoms with Crippen molar-refractivity contribution < 1.29 is 5.11 Å². The molecule has 1 aromatic rings. The number of rotatable bonds is 4. The van der Waals surface area contributed by atoms with Crippen molar-refractivity contribution in [2.24, 2.45) is 14.1 Å². The van der Waals surface area contributed by atoms with Crippen molar-refractivity contribution in [3.63, 3.8) is 0 Å². The van der Waals surface area contributed by atoms with Crippen LogP contribution in [0.1, 0.15) is 37.7 Å². The van der Waals surface area contributed by atoms with Crippen molar-refractivity contribution in [1.82, 2.24) is 14.5 Å². The summed E-state index contributed by atoms with van der Waals surface area (Å²) in [6, 6.07) is 0. The average Bonchev–Trinajstić information content (AvgIpc) is 2.43. The highest BCUT2D eigenvalue weighted by Gasteiger charge is 2.28. The first kappa shape index (κ1) is 15.0. The van der Waals surface area contributed by atoms with Gasteiger partial charge in [-0.2, -0.15) is 0 Å². The molecule has 20 heavy (non-hydrogen) atoms. The van der Waals surface area contributed by atoms with Crippen LogP contribution < -0.4 is 16.6 Å². The van der Waals surface area contributed by atoms with Crippen molar-refractivity contribution in [1.29, 1.82) is 0 Å². The maximum Gasteiger partial charge on any atom is 0.330 e. The quantitative estimate of drug-likeness (QED) is 0.806. The first-order chi connectivity index (χ1) is 9.43. The third-order valence-corrected chi connectivity index (χ3v) is 4.07.